The minimum atomic E-state index is -0.185. The van der Waals surface area contributed by atoms with Gasteiger partial charge in [-0.15, -0.1) is 11.4 Å². The molecule has 2 aromatic rings. The van der Waals surface area contributed by atoms with E-state index in [0.717, 1.165) is 11.4 Å². The maximum atomic E-state index is 4.84. The largest absolute Gasteiger partial charge is 1.00 e. The second kappa shape index (κ2) is 8.65. The molecule has 2 rings (SSSR count). The Hall–Kier alpha value is -0.733. The molecule has 0 bridgehead atoms. The van der Waals surface area contributed by atoms with E-state index in [4.69, 9.17) is 5.32 Å². The maximum absolute atomic E-state index is 4.84. The first-order chi connectivity index (χ1) is 9.59. The molecule has 2 aromatic carbocycles. The van der Waals surface area contributed by atoms with Crippen LogP contribution >= 0.6 is 7.92 Å². The maximum Gasteiger partial charge on any atom is 1.00 e. The van der Waals surface area contributed by atoms with Crippen LogP contribution in [0.15, 0.2) is 54.6 Å². The van der Waals surface area contributed by atoms with Crippen LogP contribution in [0.2, 0.25) is 0 Å². The van der Waals surface area contributed by atoms with E-state index in [1.165, 1.54) is 5.30 Å². The van der Waals surface area contributed by atoms with E-state index in [9.17, 15) is 0 Å². The number of benzene rings is 2. The molecule has 0 amide bonds. The third-order valence-corrected chi connectivity index (χ3v) is 6.44. The molecule has 106 valence electrons. The Morgan fingerprint density at radius 3 is 1.86 bits per heavy atom. The van der Waals surface area contributed by atoms with Gasteiger partial charge in [-0.1, -0.05) is 90.2 Å². The van der Waals surface area contributed by atoms with Crippen molar-refractivity contribution in [2.24, 2.45) is 0 Å². The van der Waals surface area contributed by atoms with E-state index < -0.39 is 0 Å². The van der Waals surface area contributed by atoms with Crippen LogP contribution in [0.5, 0.6) is 0 Å². The summed E-state index contributed by atoms with van der Waals surface area (Å²) in [5.74, 6) is 0. The van der Waals surface area contributed by atoms with Gasteiger partial charge < -0.3 is 5.32 Å². The van der Waals surface area contributed by atoms with Gasteiger partial charge in [-0.3, -0.25) is 0 Å². The zero-order valence-electron chi connectivity index (χ0n) is 13.7. The molecule has 0 aliphatic carbocycles. The SMILES string of the molecule is CC(C)P(c1ccccc1[N-]c1ccccc1)C(C)C.[Li+]. The number of hydrogen-bond donors (Lipinski definition) is 0. The van der Waals surface area contributed by atoms with Gasteiger partial charge in [0.05, 0.1) is 0 Å². The van der Waals surface area contributed by atoms with Crippen LogP contribution in [-0.2, 0) is 0 Å². The van der Waals surface area contributed by atoms with E-state index in [1.807, 2.05) is 18.2 Å². The number of para-hydroxylation sites is 2. The van der Waals surface area contributed by atoms with Gasteiger partial charge >= 0.3 is 18.9 Å². The first-order valence-corrected chi connectivity index (χ1v) is 8.71. The average Bonchev–Trinajstić information content (AvgIpc) is 2.41. The second-order valence-corrected chi connectivity index (χ2v) is 8.89. The molecule has 0 saturated carbocycles. The molecular formula is C18H23LiNP. The zero-order valence-corrected chi connectivity index (χ0v) is 14.6. The minimum absolute atomic E-state index is 0. The molecule has 0 aliphatic heterocycles. The molecule has 3 heteroatoms. The van der Waals surface area contributed by atoms with Gasteiger partial charge in [-0.2, -0.15) is 0 Å². The molecule has 0 heterocycles. The average molecular weight is 291 g/mol. The summed E-state index contributed by atoms with van der Waals surface area (Å²) in [6, 6.07) is 18.8. The molecule has 0 aliphatic rings. The fraction of sp³-hybridized carbons (Fsp3) is 0.333. The summed E-state index contributed by atoms with van der Waals surface area (Å²) < 4.78 is 0. The standard InChI is InChI=1S/C18H23NP.Li/c1-14(2)20(15(3)4)18-13-9-8-12-17(18)19-16-10-6-5-7-11-16;/h5-15H,1-4H3;/q-1;+1. The topological polar surface area (TPSA) is 14.1 Å². The monoisotopic (exact) mass is 291 g/mol. The van der Waals surface area contributed by atoms with Crippen molar-refractivity contribution in [3.05, 3.63) is 59.9 Å². The van der Waals surface area contributed by atoms with E-state index in [2.05, 4.69) is 64.1 Å². The van der Waals surface area contributed by atoms with Crippen LogP contribution in [0, 0.1) is 0 Å². The third kappa shape index (κ3) is 4.89. The molecule has 0 N–H and O–H groups in total. The first kappa shape index (κ1) is 18.3. The molecule has 1 nitrogen and oxygen atoms in total. The number of nitrogens with zero attached hydrogens (tertiary/aromatic N) is 1. The Labute approximate surface area is 142 Å². The van der Waals surface area contributed by atoms with Gasteiger partial charge in [0.15, 0.2) is 0 Å². The van der Waals surface area contributed by atoms with Crippen LogP contribution in [0.1, 0.15) is 27.7 Å². The Morgan fingerprint density at radius 2 is 1.29 bits per heavy atom. The Bertz CT molecular complexity index is 532. The van der Waals surface area contributed by atoms with Crippen molar-refractivity contribution in [3.8, 4) is 0 Å². The number of hydrogen-bond acceptors (Lipinski definition) is 0. The summed E-state index contributed by atoms with van der Waals surface area (Å²) in [5, 5.41) is 6.27. The molecule has 0 saturated heterocycles. The summed E-state index contributed by atoms with van der Waals surface area (Å²) in [5.41, 5.74) is 3.52. The van der Waals surface area contributed by atoms with Crippen molar-refractivity contribution in [1.82, 2.24) is 0 Å². The van der Waals surface area contributed by atoms with Crippen LogP contribution in [0.3, 0.4) is 0 Å². The Balaban J connectivity index is 0.00000220. The summed E-state index contributed by atoms with van der Waals surface area (Å²) in [6.07, 6.45) is 0. The van der Waals surface area contributed by atoms with Crippen LogP contribution in [0.4, 0.5) is 11.4 Å². The quantitative estimate of drug-likeness (QED) is 0.594. The summed E-state index contributed by atoms with van der Waals surface area (Å²) in [6.45, 7) is 9.30. The van der Waals surface area contributed by atoms with Gasteiger partial charge in [0.1, 0.15) is 0 Å². The molecule has 0 unspecified atom stereocenters. The normalized spacial score (nSPS) is 10.8. The minimum Gasteiger partial charge on any atom is -0.657 e. The van der Waals surface area contributed by atoms with Crippen LogP contribution < -0.4 is 24.2 Å². The van der Waals surface area contributed by atoms with Gasteiger partial charge in [0, 0.05) is 0 Å². The van der Waals surface area contributed by atoms with Crippen molar-refractivity contribution in [3.63, 3.8) is 0 Å². The number of rotatable bonds is 5. The molecule has 0 atom stereocenters. The Morgan fingerprint density at radius 1 is 0.762 bits per heavy atom. The van der Waals surface area contributed by atoms with Crippen molar-refractivity contribution in [1.29, 1.82) is 0 Å². The zero-order chi connectivity index (χ0) is 14.5. The van der Waals surface area contributed by atoms with E-state index in [-0.39, 0.29) is 26.8 Å². The summed E-state index contributed by atoms with van der Waals surface area (Å²) in [7, 11) is -0.185. The van der Waals surface area contributed by atoms with E-state index in [0.29, 0.717) is 11.3 Å². The molecule has 0 radical (unpaired) electrons. The van der Waals surface area contributed by atoms with Crippen molar-refractivity contribution < 1.29 is 18.9 Å². The first-order valence-electron chi connectivity index (χ1n) is 7.23. The van der Waals surface area contributed by atoms with Crippen molar-refractivity contribution >= 4 is 24.6 Å². The van der Waals surface area contributed by atoms with Crippen LogP contribution in [0.25, 0.3) is 5.32 Å². The summed E-state index contributed by atoms with van der Waals surface area (Å²) >= 11 is 0. The fourth-order valence-corrected chi connectivity index (χ4v) is 5.52. The second-order valence-electron chi connectivity index (χ2n) is 5.53. The van der Waals surface area contributed by atoms with Gasteiger partial charge in [0.2, 0.25) is 0 Å². The third-order valence-electron chi connectivity index (χ3n) is 3.28. The fourth-order valence-electron chi connectivity index (χ4n) is 2.57. The van der Waals surface area contributed by atoms with Crippen LogP contribution in [-0.4, -0.2) is 11.3 Å². The van der Waals surface area contributed by atoms with E-state index in [1.54, 1.807) is 0 Å². The molecule has 0 fully saturated rings. The smallest absolute Gasteiger partial charge is 0.657 e. The molecule has 0 aromatic heterocycles. The molecular weight excluding hydrogens is 268 g/mol. The summed E-state index contributed by atoms with van der Waals surface area (Å²) in [4.78, 5) is 0. The predicted molar refractivity (Wildman–Crippen MR) is 92.4 cm³/mol. The Kier molecular flexibility index (Phi) is 7.54. The van der Waals surface area contributed by atoms with Gasteiger partial charge in [-0.25, -0.2) is 0 Å². The molecule has 0 spiro atoms. The van der Waals surface area contributed by atoms with Crippen molar-refractivity contribution in [2.75, 3.05) is 0 Å². The van der Waals surface area contributed by atoms with Gasteiger partial charge in [0.25, 0.3) is 0 Å². The van der Waals surface area contributed by atoms with E-state index >= 15 is 0 Å². The molecule has 21 heavy (non-hydrogen) atoms. The predicted octanol–water partition coefficient (Wildman–Crippen LogP) is 2.95. The van der Waals surface area contributed by atoms with Crippen molar-refractivity contribution in [2.45, 2.75) is 39.0 Å². The van der Waals surface area contributed by atoms with Gasteiger partial charge in [-0.05, 0) is 16.6 Å².